The van der Waals surface area contributed by atoms with Crippen LogP contribution >= 0.6 is 15.9 Å². The van der Waals surface area contributed by atoms with Gasteiger partial charge in [0.05, 0.1) is 24.3 Å². The minimum Gasteiger partial charge on any atom is -0.463 e. The van der Waals surface area contributed by atoms with E-state index in [0.29, 0.717) is 5.57 Å². The second kappa shape index (κ2) is 7.69. The number of carbonyl (C=O) groups excluding carboxylic acids is 2. The highest BCUT2D eigenvalue weighted by Gasteiger charge is 2.35. The minimum atomic E-state index is -4.58. The van der Waals surface area contributed by atoms with E-state index < -0.39 is 29.7 Å². The van der Waals surface area contributed by atoms with Gasteiger partial charge in [-0.3, -0.25) is 4.79 Å². The van der Waals surface area contributed by atoms with E-state index in [2.05, 4.69) is 15.9 Å². The SMILES string of the molecule is CCOC(=O)C1=C(N)CN(C(=O)c2ccc(Br)c(C(F)(F)F)c2)C(C)C1. The van der Waals surface area contributed by atoms with Crippen molar-refractivity contribution in [1.29, 1.82) is 0 Å². The van der Waals surface area contributed by atoms with Gasteiger partial charge in [0.1, 0.15) is 0 Å². The van der Waals surface area contributed by atoms with Crippen LogP contribution in [-0.4, -0.2) is 36.0 Å². The number of nitrogens with zero attached hydrogens (tertiary/aromatic N) is 1. The maximum Gasteiger partial charge on any atom is 0.417 e. The third-order valence-corrected chi connectivity index (χ3v) is 4.75. The number of ether oxygens (including phenoxy) is 1. The summed E-state index contributed by atoms with van der Waals surface area (Å²) in [4.78, 5) is 25.9. The van der Waals surface area contributed by atoms with E-state index in [0.717, 1.165) is 6.07 Å². The third kappa shape index (κ3) is 4.20. The van der Waals surface area contributed by atoms with Gasteiger partial charge < -0.3 is 15.4 Å². The van der Waals surface area contributed by atoms with Gasteiger partial charge in [-0.25, -0.2) is 4.79 Å². The molecule has 2 rings (SSSR count). The fourth-order valence-corrected chi connectivity index (χ4v) is 3.19. The lowest BCUT2D eigenvalue weighted by Crippen LogP contribution is -2.45. The Bertz CT molecular complexity index is 762. The molecule has 0 aliphatic carbocycles. The summed E-state index contributed by atoms with van der Waals surface area (Å²) in [5.74, 6) is -1.12. The van der Waals surface area contributed by atoms with Gasteiger partial charge in [-0.2, -0.15) is 13.2 Å². The Morgan fingerprint density at radius 2 is 2.04 bits per heavy atom. The average Bonchev–Trinajstić information content (AvgIpc) is 2.55. The number of benzene rings is 1. The van der Waals surface area contributed by atoms with E-state index in [9.17, 15) is 22.8 Å². The van der Waals surface area contributed by atoms with Crippen LogP contribution in [0.15, 0.2) is 33.9 Å². The number of carbonyl (C=O) groups is 2. The molecule has 0 spiro atoms. The van der Waals surface area contributed by atoms with Crippen LogP contribution < -0.4 is 5.73 Å². The Morgan fingerprint density at radius 1 is 1.38 bits per heavy atom. The zero-order chi connectivity index (χ0) is 19.6. The lowest BCUT2D eigenvalue weighted by atomic mass is 9.97. The number of rotatable bonds is 3. The molecule has 1 heterocycles. The summed E-state index contributed by atoms with van der Waals surface area (Å²) in [6, 6.07) is 2.90. The predicted molar refractivity (Wildman–Crippen MR) is 92.1 cm³/mol. The summed E-state index contributed by atoms with van der Waals surface area (Å²) >= 11 is 2.85. The highest BCUT2D eigenvalue weighted by Crippen LogP contribution is 2.36. The minimum absolute atomic E-state index is 0.0500. The highest BCUT2D eigenvalue weighted by molar-refractivity contribution is 9.10. The molecule has 0 radical (unpaired) electrons. The quantitative estimate of drug-likeness (QED) is 0.739. The van der Waals surface area contributed by atoms with E-state index in [-0.39, 0.29) is 35.3 Å². The number of halogens is 4. The largest absolute Gasteiger partial charge is 0.463 e. The molecule has 1 aromatic carbocycles. The first kappa shape index (κ1) is 20.3. The van der Waals surface area contributed by atoms with Crippen molar-refractivity contribution >= 4 is 27.8 Å². The lowest BCUT2D eigenvalue weighted by Gasteiger charge is -2.34. The summed E-state index contributed by atoms with van der Waals surface area (Å²) in [5.41, 5.74) is 5.36. The molecule has 0 fully saturated rings. The van der Waals surface area contributed by atoms with Gasteiger partial charge in [0, 0.05) is 28.2 Å². The van der Waals surface area contributed by atoms with E-state index in [1.54, 1.807) is 13.8 Å². The summed E-state index contributed by atoms with van der Waals surface area (Å²) < 4.78 is 44.0. The van der Waals surface area contributed by atoms with Crippen molar-refractivity contribution in [3.8, 4) is 0 Å². The van der Waals surface area contributed by atoms with E-state index >= 15 is 0 Å². The van der Waals surface area contributed by atoms with Gasteiger partial charge in [-0.05, 0) is 32.0 Å². The van der Waals surface area contributed by atoms with Crippen molar-refractivity contribution < 1.29 is 27.5 Å². The lowest BCUT2D eigenvalue weighted by molar-refractivity contribution is -0.139. The summed E-state index contributed by atoms with van der Waals surface area (Å²) in [5, 5.41) is 0. The molecule has 0 aromatic heterocycles. The fraction of sp³-hybridized carbons (Fsp3) is 0.412. The van der Waals surface area contributed by atoms with Crippen molar-refractivity contribution in [2.24, 2.45) is 5.73 Å². The van der Waals surface area contributed by atoms with Gasteiger partial charge in [0.2, 0.25) is 0 Å². The first-order valence-electron chi connectivity index (χ1n) is 7.88. The van der Waals surface area contributed by atoms with Crippen molar-refractivity contribution in [1.82, 2.24) is 4.90 Å². The monoisotopic (exact) mass is 434 g/mol. The molecule has 1 amide bonds. The smallest absolute Gasteiger partial charge is 0.417 e. The molecule has 0 bridgehead atoms. The Balaban J connectivity index is 2.30. The second-order valence-electron chi connectivity index (χ2n) is 5.90. The van der Waals surface area contributed by atoms with Crippen LogP contribution in [0.3, 0.4) is 0 Å². The van der Waals surface area contributed by atoms with Crippen molar-refractivity contribution in [2.45, 2.75) is 32.5 Å². The van der Waals surface area contributed by atoms with Gasteiger partial charge in [-0.1, -0.05) is 15.9 Å². The molecule has 1 aliphatic rings. The highest BCUT2D eigenvalue weighted by atomic mass is 79.9. The molecule has 1 atom stereocenters. The summed E-state index contributed by atoms with van der Waals surface area (Å²) in [7, 11) is 0. The topological polar surface area (TPSA) is 72.6 Å². The molecule has 0 saturated heterocycles. The zero-order valence-electron chi connectivity index (χ0n) is 14.2. The van der Waals surface area contributed by atoms with Gasteiger partial charge >= 0.3 is 12.1 Å². The summed E-state index contributed by atoms with van der Waals surface area (Å²) in [6.45, 7) is 3.52. The molecule has 5 nitrogen and oxygen atoms in total. The molecule has 0 saturated carbocycles. The van der Waals surface area contributed by atoms with Crippen LogP contribution in [0.4, 0.5) is 13.2 Å². The average molecular weight is 435 g/mol. The summed E-state index contributed by atoms with van der Waals surface area (Å²) in [6.07, 6.45) is -4.41. The Labute approximate surface area is 157 Å². The van der Waals surface area contributed by atoms with Crippen LogP contribution in [0.5, 0.6) is 0 Å². The molecule has 1 aromatic rings. The zero-order valence-corrected chi connectivity index (χ0v) is 15.8. The van der Waals surface area contributed by atoms with Crippen molar-refractivity contribution in [3.63, 3.8) is 0 Å². The number of amides is 1. The van der Waals surface area contributed by atoms with Crippen LogP contribution in [-0.2, 0) is 15.7 Å². The van der Waals surface area contributed by atoms with E-state index in [1.807, 2.05) is 0 Å². The number of alkyl halides is 3. The van der Waals surface area contributed by atoms with Gasteiger partial charge in [0.15, 0.2) is 0 Å². The van der Waals surface area contributed by atoms with Crippen LogP contribution in [0.1, 0.15) is 36.2 Å². The Hall–Kier alpha value is -2.03. The van der Waals surface area contributed by atoms with Crippen LogP contribution in [0.2, 0.25) is 0 Å². The normalized spacial score (nSPS) is 18.1. The molecule has 26 heavy (non-hydrogen) atoms. The first-order chi connectivity index (χ1) is 12.1. The third-order valence-electron chi connectivity index (χ3n) is 4.06. The van der Waals surface area contributed by atoms with Crippen molar-refractivity contribution in [2.75, 3.05) is 13.2 Å². The fourth-order valence-electron chi connectivity index (χ4n) is 2.72. The molecule has 1 aliphatic heterocycles. The predicted octanol–water partition coefficient (Wildman–Crippen LogP) is 3.48. The Kier molecular flexibility index (Phi) is 6.00. The van der Waals surface area contributed by atoms with Crippen LogP contribution in [0, 0.1) is 0 Å². The molecular weight excluding hydrogens is 417 g/mol. The second-order valence-corrected chi connectivity index (χ2v) is 6.76. The number of hydrogen-bond acceptors (Lipinski definition) is 4. The first-order valence-corrected chi connectivity index (χ1v) is 8.67. The molecular formula is C17H18BrF3N2O3. The number of nitrogens with two attached hydrogens (primary N) is 1. The molecule has 1 unspecified atom stereocenters. The molecule has 2 N–H and O–H groups in total. The van der Waals surface area contributed by atoms with Gasteiger partial charge in [-0.15, -0.1) is 0 Å². The molecule has 9 heteroatoms. The molecule has 142 valence electrons. The number of esters is 1. The van der Waals surface area contributed by atoms with Crippen molar-refractivity contribution in [3.05, 3.63) is 45.1 Å². The van der Waals surface area contributed by atoms with E-state index in [1.165, 1.54) is 17.0 Å². The number of hydrogen-bond donors (Lipinski definition) is 1. The standard InChI is InChI=1S/C17H18BrF3N2O3/c1-3-26-16(25)11-6-9(2)23(8-14(11)22)15(24)10-4-5-13(18)12(7-10)17(19,20)21/h4-5,7,9H,3,6,8,22H2,1-2H3. The van der Waals surface area contributed by atoms with Gasteiger partial charge in [0.25, 0.3) is 5.91 Å². The Morgan fingerprint density at radius 3 is 2.62 bits per heavy atom. The maximum absolute atomic E-state index is 13.1. The van der Waals surface area contributed by atoms with Crippen LogP contribution in [0.25, 0.3) is 0 Å². The van der Waals surface area contributed by atoms with E-state index in [4.69, 9.17) is 10.5 Å². The maximum atomic E-state index is 13.1.